The van der Waals surface area contributed by atoms with E-state index in [4.69, 9.17) is 5.73 Å². The van der Waals surface area contributed by atoms with Gasteiger partial charge in [-0.25, -0.2) is 8.42 Å². The van der Waals surface area contributed by atoms with E-state index in [9.17, 15) is 13.2 Å². The van der Waals surface area contributed by atoms with Crippen LogP contribution in [0.25, 0.3) is 0 Å². The summed E-state index contributed by atoms with van der Waals surface area (Å²) < 4.78 is 26.7. The highest BCUT2D eigenvalue weighted by molar-refractivity contribution is 7.91. The van der Waals surface area contributed by atoms with Crippen molar-refractivity contribution in [1.82, 2.24) is 14.5 Å². The van der Waals surface area contributed by atoms with Gasteiger partial charge in [0.2, 0.25) is 15.4 Å². The molecule has 3 N–H and O–H groups in total. The Hall–Kier alpha value is -1.10. The summed E-state index contributed by atoms with van der Waals surface area (Å²) in [4.78, 5) is 11.0. The summed E-state index contributed by atoms with van der Waals surface area (Å²) in [5, 5.41) is 10.0. The minimum absolute atomic E-state index is 0.0216. The van der Waals surface area contributed by atoms with Crippen molar-refractivity contribution in [1.29, 1.82) is 0 Å². The molecule has 1 fully saturated rings. The third kappa shape index (κ3) is 3.76. The minimum atomic E-state index is -3.71. The highest BCUT2D eigenvalue weighted by Crippen LogP contribution is 2.30. The second-order valence-corrected chi connectivity index (χ2v) is 7.94. The van der Waals surface area contributed by atoms with Gasteiger partial charge in [0, 0.05) is 26.1 Å². The molecule has 1 saturated carbocycles. The zero-order chi connectivity index (χ0) is 15.5. The molecule has 0 atom stereocenters. The van der Waals surface area contributed by atoms with E-state index in [-0.39, 0.29) is 34.5 Å². The molecule has 21 heavy (non-hydrogen) atoms. The van der Waals surface area contributed by atoms with E-state index in [2.05, 4.69) is 15.5 Å². The smallest absolute Gasteiger partial charge is 0.272 e. The Morgan fingerprint density at radius 2 is 2.10 bits per heavy atom. The van der Waals surface area contributed by atoms with Crippen LogP contribution in [0.15, 0.2) is 4.34 Å². The number of rotatable bonds is 6. The Morgan fingerprint density at radius 3 is 2.67 bits per heavy atom. The first-order valence-electron chi connectivity index (χ1n) is 6.78. The number of hydrogen-bond acceptors (Lipinski definition) is 7. The van der Waals surface area contributed by atoms with Crippen molar-refractivity contribution in [3.05, 3.63) is 0 Å². The zero-order valence-electron chi connectivity index (χ0n) is 11.8. The molecule has 0 radical (unpaired) electrons. The fraction of sp³-hybridized carbons (Fsp3) is 0.727. The first-order valence-corrected chi connectivity index (χ1v) is 9.04. The van der Waals surface area contributed by atoms with E-state index >= 15 is 0 Å². The van der Waals surface area contributed by atoms with Crippen molar-refractivity contribution < 1.29 is 13.2 Å². The monoisotopic (exact) mass is 333 g/mol. The molecule has 10 heteroatoms. The molecule has 1 aliphatic rings. The van der Waals surface area contributed by atoms with Crippen molar-refractivity contribution in [2.45, 2.75) is 43.0 Å². The van der Waals surface area contributed by atoms with Crippen LogP contribution in [-0.2, 0) is 14.8 Å². The molecule has 1 heterocycles. The molecule has 118 valence electrons. The van der Waals surface area contributed by atoms with Crippen LogP contribution >= 0.6 is 11.3 Å². The first-order chi connectivity index (χ1) is 9.95. The molecule has 1 aromatic rings. The van der Waals surface area contributed by atoms with Gasteiger partial charge in [-0.1, -0.05) is 24.2 Å². The van der Waals surface area contributed by atoms with Gasteiger partial charge in [-0.05, 0) is 12.8 Å². The maximum atomic E-state index is 12.7. The molecule has 0 saturated heterocycles. The maximum absolute atomic E-state index is 12.7. The van der Waals surface area contributed by atoms with Crippen LogP contribution in [0, 0.1) is 0 Å². The molecule has 1 aliphatic carbocycles. The summed E-state index contributed by atoms with van der Waals surface area (Å²) in [6, 6.07) is -0.0216. The van der Waals surface area contributed by atoms with Crippen LogP contribution in [0.2, 0.25) is 0 Å². The number of nitrogens with one attached hydrogen (secondary N) is 1. The lowest BCUT2D eigenvalue weighted by Gasteiger charge is -2.26. The number of amides is 1. The van der Waals surface area contributed by atoms with Crippen LogP contribution in [-0.4, -0.2) is 48.0 Å². The molecule has 0 unspecified atom stereocenters. The van der Waals surface area contributed by atoms with Crippen LogP contribution in [0.5, 0.6) is 0 Å². The third-order valence-electron chi connectivity index (χ3n) is 3.30. The lowest BCUT2D eigenvalue weighted by atomic mass is 10.2. The van der Waals surface area contributed by atoms with Crippen LogP contribution in [0.1, 0.15) is 32.6 Å². The van der Waals surface area contributed by atoms with Gasteiger partial charge in [0.15, 0.2) is 0 Å². The molecule has 0 aromatic carbocycles. The lowest BCUT2D eigenvalue weighted by molar-refractivity contribution is -0.114. The minimum Gasteiger partial charge on any atom is -0.329 e. The molecular weight excluding hydrogens is 314 g/mol. The van der Waals surface area contributed by atoms with Gasteiger partial charge in [0.1, 0.15) is 0 Å². The van der Waals surface area contributed by atoms with Crippen LogP contribution < -0.4 is 11.1 Å². The SMILES string of the molecule is CC(=O)Nc1nnc(S(=O)(=O)N(CCN)C2CCCC2)s1. The Morgan fingerprint density at radius 1 is 1.43 bits per heavy atom. The Bertz CT molecular complexity index is 595. The van der Waals surface area contributed by atoms with Gasteiger partial charge in [-0.2, -0.15) is 4.31 Å². The standard InChI is InChI=1S/C11H19N5O3S2/c1-8(17)13-10-14-15-11(20-10)21(18,19)16(7-6-12)9-4-2-3-5-9/h9H,2-7,12H2,1H3,(H,13,14,17). The Balaban J connectivity index is 2.24. The van der Waals surface area contributed by atoms with Gasteiger partial charge in [0.05, 0.1) is 0 Å². The largest absolute Gasteiger partial charge is 0.329 e. The summed E-state index contributed by atoms with van der Waals surface area (Å²) in [6.45, 7) is 1.85. The van der Waals surface area contributed by atoms with Crippen molar-refractivity contribution >= 4 is 32.4 Å². The molecule has 0 bridgehead atoms. The predicted octanol–water partition coefficient (Wildman–Crippen LogP) is 0.388. The van der Waals surface area contributed by atoms with Crippen molar-refractivity contribution in [3.63, 3.8) is 0 Å². The van der Waals surface area contributed by atoms with Gasteiger partial charge >= 0.3 is 0 Å². The molecule has 0 spiro atoms. The molecule has 1 amide bonds. The molecule has 1 aromatic heterocycles. The third-order valence-corrected chi connectivity index (χ3v) is 6.44. The number of nitrogens with two attached hydrogens (primary N) is 1. The molecule has 8 nitrogen and oxygen atoms in total. The summed E-state index contributed by atoms with van der Waals surface area (Å²) in [6.07, 6.45) is 3.73. The average Bonchev–Trinajstić information content (AvgIpc) is 3.05. The van der Waals surface area contributed by atoms with Crippen LogP contribution in [0.4, 0.5) is 5.13 Å². The number of nitrogens with zero attached hydrogens (tertiary/aromatic N) is 3. The van der Waals surface area contributed by atoms with E-state index in [1.807, 2.05) is 0 Å². The summed E-state index contributed by atoms with van der Waals surface area (Å²) in [7, 11) is -3.71. The van der Waals surface area contributed by atoms with Gasteiger partial charge < -0.3 is 11.1 Å². The normalized spacial score (nSPS) is 16.5. The fourth-order valence-electron chi connectivity index (χ4n) is 2.43. The van der Waals surface area contributed by atoms with E-state index in [0.29, 0.717) is 0 Å². The van der Waals surface area contributed by atoms with E-state index in [1.165, 1.54) is 11.2 Å². The van der Waals surface area contributed by atoms with Crippen molar-refractivity contribution in [3.8, 4) is 0 Å². The number of hydrogen-bond donors (Lipinski definition) is 2. The van der Waals surface area contributed by atoms with E-state index in [1.54, 1.807) is 0 Å². The summed E-state index contributed by atoms with van der Waals surface area (Å²) >= 11 is 0.857. The molecular formula is C11H19N5O3S2. The summed E-state index contributed by atoms with van der Waals surface area (Å²) in [5.74, 6) is -0.315. The lowest BCUT2D eigenvalue weighted by Crippen LogP contribution is -2.41. The number of sulfonamides is 1. The summed E-state index contributed by atoms with van der Waals surface area (Å²) in [5.41, 5.74) is 5.55. The van der Waals surface area contributed by atoms with Gasteiger partial charge in [0.25, 0.3) is 10.0 Å². The number of carbonyl (C=O) groups excluding carboxylic acids is 1. The number of anilines is 1. The van der Waals surface area contributed by atoms with Crippen molar-refractivity contribution in [2.24, 2.45) is 5.73 Å². The quantitative estimate of drug-likeness (QED) is 0.727. The Kier molecular flexibility index (Phi) is 5.25. The number of carbonyl (C=O) groups is 1. The first kappa shape index (κ1) is 16.3. The highest BCUT2D eigenvalue weighted by atomic mass is 32.2. The van der Waals surface area contributed by atoms with E-state index in [0.717, 1.165) is 37.0 Å². The highest BCUT2D eigenvalue weighted by Gasteiger charge is 2.35. The second-order valence-electron chi connectivity index (χ2n) is 4.90. The number of aromatic nitrogens is 2. The predicted molar refractivity (Wildman–Crippen MR) is 79.4 cm³/mol. The van der Waals surface area contributed by atoms with E-state index < -0.39 is 10.0 Å². The zero-order valence-corrected chi connectivity index (χ0v) is 13.4. The van der Waals surface area contributed by atoms with Crippen molar-refractivity contribution in [2.75, 3.05) is 18.4 Å². The molecule has 2 rings (SSSR count). The fourth-order valence-corrected chi connectivity index (χ4v) is 5.20. The Labute approximate surface area is 127 Å². The molecule has 0 aliphatic heterocycles. The maximum Gasteiger partial charge on any atom is 0.272 e. The van der Waals surface area contributed by atoms with Crippen LogP contribution in [0.3, 0.4) is 0 Å². The second kappa shape index (κ2) is 6.77. The average molecular weight is 333 g/mol. The van der Waals surface area contributed by atoms with Gasteiger partial charge in [-0.3, -0.25) is 4.79 Å². The van der Waals surface area contributed by atoms with Gasteiger partial charge in [-0.15, -0.1) is 10.2 Å². The topological polar surface area (TPSA) is 118 Å².